The highest BCUT2D eigenvalue weighted by Crippen LogP contribution is 2.20. The Morgan fingerprint density at radius 1 is 1.50 bits per heavy atom. The van der Waals surface area contributed by atoms with Gasteiger partial charge in [0.15, 0.2) is 0 Å². The Bertz CT molecular complexity index is 776. The number of halogens is 1. The van der Waals surface area contributed by atoms with Crippen molar-refractivity contribution in [2.45, 2.75) is 13.3 Å². The van der Waals surface area contributed by atoms with Crippen molar-refractivity contribution in [1.29, 1.82) is 0 Å². The molecule has 0 atom stereocenters. The van der Waals surface area contributed by atoms with E-state index in [1.807, 2.05) is 0 Å². The number of carboxylic acids is 1. The van der Waals surface area contributed by atoms with Gasteiger partial charge in [0.1, 0.15) is 0 Å². The Morgan fingerprint density at radius 2 is 2.29 bits per heavy atom. The van der Waals surface area contributed by atoms with E-state index in [9.17, 15) is 14.7 Å². The quantitative estimate of drug-likeness (QED) is 0.412. The summed E-state index contributed by atoms with van der Waals surface area (Å²) in [7, 11) is 0. The van der Waals surface area contributed by atoms with Crippen LogP contribution in [0, 0.1) is 0 Å². The number of esters is 1. The zero-order valence-corrected chi connectivity index (χ0v) is 15.1. The molecule has 0 radical (unpaired) electrons. The second-order valence-corrected chi connectivity index (χ2v) is 6.22. The van der Waals surface area contributed by atoms with E-state index in [0.717, 1.165) is 0 Å². The van der Waals surface area contributed by atoms with Crippen molar-refractivity contribution < 1.29 is 19.4 Å². The third-order valence-corrected chi connectivity index (χ3v) is 4.26. The van der Waals surface area contributed by atoms with Crippen molar-refractivity contribution in [3.05, 3.63) is 44.9 Å². The number of benzene rings is 1. The highest BCUT2D eigenvalue weighted by atomic mass is 79.9. The van der Waals surface area contributed by atoms with Crippen molar-refractivity contribution >= 4 is 50.6 Å². The normalized spacial score (nSPS) is 10.8. The van der Waals surface area contributed by atoms with E-state index < -0.39 is 5.97 Å². The molecular weight excluding hydrogens is 398 g/mol. The zero-order valence-electron chi connectivity index (χ0n) is 12.7. The largest absolute Gasteiger partial charge is 0.478 e. The summed E-state index contributed by atoms with van der Waals surface area (Å²) in [5.74, 6) is -1.38. The minimum absolute atomic E-state index is 0.102. The Labute approximate surface area is 150 Å². The molecule has 7 nitrogen and oxygen atoms in total. The van der Waals surface area contributed by atoms with E-state index in [-0.39, 0.29) is 18.0 Å². The smallest absolute Gasteiger partial charge is 0.337 e. The van der Waals surface area contributed by atoms with Gasteiger partial charge >= 0.3 is 11.9 Å². The number of nitrogens with zero attached hydrogens (tertiary/aromatic N) is 2. The van der Waals surface area contributed by atoms with E-state index in [1.54, 1.807) is 30.5 Å². The maximum Gasteiger partial charge on any atom is 0.337 e. The first kappa shape index (κ1) is 18.1. The van der Waals surface area contributed by atoms with Crippen LogP contribution in [0.1, 0.15) is 28.5 Å². The second kappa shape index (κ2) is 8.55. The lowest BCUT2D eigenvalue weighted by atomic mass is 10.1. The van der Waals surface area contributed by atoms with Crippen LogP contribution < -0.4 is 5.43 Å². The predicted octanol–water partition coefficient (Wildman–Crippen LogP) is 3.16. The molecule has 126 valence electrons. The van der Waals surface area contributed by atoms with Gasteiger partial charge in [0, 0.05) is 15.4 Å². The van der Waals surface area contributed by atoms with Gasteiger partial charge in [-0.1, -0.05) is 12.1 Å². The number of rotatable bonds is 7. The molecule has 0 bridgehead atoms. The Hall–Kier alpha value is -2.26. The van der Waals surface area contributed by atoms with Crippen molar-refractivity contribution in [1.82, 2.24) is 4.98 Å². The fourth-order valence-corrected chi connectivity index (χ4v) is 3.04. The summed E-state index contributed by atoms with van der Waals surface area (Å²) in [5, 5.41) is 15.5. The van der Waals surface area contributed by atoms with Gasteiger partial charge in [0.05, 0.1) is 30.5 Å². The average Bonchev–Trinajstić information content (AvgIpc) is 2.94. The average molecular weight is 412 g/mol. The number of thiazole rings is 1. The predicted molar refractivity (Wildman–Crippen MR) is 94.8 cm³/mol. The Morgan fingerprint density at radius 3 is 3.00 bits per heavy atom. The lowest BCUT2D eigenvalue weighted by Gasteiger charge is -2.03. The van der Waals surface area contributed by atoms with Gasteiger partial charge < -0.3 is 9.84 Å². The van der Waals surface area contributed by atoms with Crippen molar-refractivity contribution in [3.63, 3.8) is 0 Å². The summed E-state index contributed by atoms with van der Waals surface area (Å²) in [5.41, 5.74) is 3.89. The summed E-state index contributed by atoms with van der Waals surface area (Å²) in [4.78, 5) is 26.9. The van der Waals surface area contributed by atoms with E-state index in [2.05, 4.69) is 31.4 Å². The third-order valence-electron chi connectivity index (χ3n) is 2.81. The molecule has 0 spiro atoms. The van der Waals surface area contributed by atoms with Crippen LogP contribution in [0.5, 0.6) is 0 Å². The monoisotopic (exact) mass is 411 g/mol. The van der Waals surface area contributed by atoms with Gasteiger partial charge in [-0.15, -0.1) is 11.3 Å². The summed E-state index contributed by atoms with van der Waals surface area (Å²) in [6.45, 7) is 2.07. The first-order chi connectivity index (χ1) is 11.5. The Balaban J connectivity index is 2.03. The number of nitrogens with one attached hydrogen (secondary N) is 1. The molecule has 0 aliphatic rings. The SMILES string of the molecule is CCOC(=O)Cc1csc(NN=Cc2cccc(Br)c2C(=O)O)n1. The number of anilines is 1. The number of carboxylic acid groups (broad SMARTS) is 1. The number of hydrogen-bond acceptors (Lipinski definition) is 7. The number of carbonyl (C=O) groups is 2. The third kappa shape index (κ3) is 4.87. The molecule has 24 heavy (non-hydrogen) atoms. The van der Waals surface area contributed by atoms with Crippen LogP contribution in [0.25, 0.3) is 0 Å². The first-order valence-electron chi connectivity index (χ1n) is 6.92. The van der Waals surface area contributed by atoms with Crippen LogP contribution in [0.4, 0.5) is 5.13 Å². The maximum atomic E-state index is 11.4. The Kier molecular flexibility index (Phi) is 6.44. The minimum atomic E-state index is -1.05. The first-order valence-corrected chi connectivity index (χ1v) is 8.59. The molecule has 1 aromatic carbocycles. The standard InChI is InChI=1S/C15H14BrN3O4S/c1-2-23-12(20)6-10-8-24-15(18-10)19-17-7-9-4-3-5-11(16)13(9)14(21)22/h3-5,7-8H,2,6H2,1H3,(H,18,19)(H,21,22). The van der Waals surface area contributed by atoms with E-state index in [4.69, 9.17) is 4.74 Å². The van der Waals surface area contributed by atoms with E-state index in [1.165, 1.54) is 17.6 Å². The van der Waals surface area contributed by atoms with Crippen LogP contribution >= 0.6 is 27.3 Å². The molecule has 0 aliphatic carbocycles. The molecule has 0 aliphatic heterocycles. The topological polar surface area (TPSA) is 101 Å². The van der Waals surface area contributed by atoms with E-state index in [0.29, 0.717) is 27.5 Å². The number of aromatic carboxylic acids is 1. The number of hydrazone groups is 1. The summed E-state index contributed by atoms with van der Waals surface area (Å²) in [6, 6.07) is 5.02. The fraction of sp³-hybridized carbons (Fsp3) is 0.200. The molecule has 0 fully saturated rings. The number of carbonyl (C=O) groups excluding carboxylic acids is 1. The van der Waals surface area contributed by atoms with Gasteiger partial charge in [0.25, 0.3) is 0 Å². The highest BCUT2D eigenvalue weighted by molar-refractivity contribution is 9.10. The number of aromatic nitrogens is 1. The van der Waals surface area contributed by atoms with Crippen LogP contribution in [-0.2, 0) is 16.0 Å². The lowest BCUT2D eigenvalue weighted by Crippen LogP contribution is -2.07. The minimum Gasteiger partial charge on any atom is -0.478 e. The maximum absolute atomic E-state index is 11.4. The molecule has 2 N–H and O–H groups in total. The van der Waals surface area contributed by atoms with Gasteiger partial charge in [-0.3, -0.25) is 10.2 Å². The second-order valence-electron chi connectivity index (χ2n) is 4.51. The van der Waals surface area contributed by atoms with Crippen molar-refractivity contribution in [2.24, 2.45) is 5.10 Å². The highest BCUT2D eigenvalue weighted by Gasteiger charge is 2.12. The van der Waals surface area contributed by atoms with Gasteiger partial charge in [-0.05, 0) is 28.9 Å². The molecule has 0 saturated heterocycles. The molecule has 1 aromatic heterocycles. The van der Waals surface area contributed by atoms with E-state index >= 15 is 0 Å². The van der Waals surface area contributed by atoms with Crippen LogP contribution in [0.3, 0.4) is 0 Å². The number of ether oxygens (including phenoxy) is 1. The van der Waals surface area contributed by atoms with Gasteiger partial charge in [0.2, 0.25) is 5.13 Å². The molecule has 2 rings (SSSR count). The van der Waals surface area contributed by atoms with Gasteiger partial charge in [-0.2, -0.15) is 5.10 Å². The molecule has 2 aromatic rings. The van der Waals surface area contributed by atoms with Crippen LogP contribution in [0.2, 0.25) is 0 Å². The van der Waals surface area contributed by atoms with Crippen LogP contribution in [-0.4, -0.2) is 34.9 Å². The zero-order chi connectivity index (χ0) is 17.5. The molecule has 0 amide bonds. The lowest BCUT2D eigenvalue weighted by molar-refractivity contribution is -0.142. The van der Waals surface area contributed by atoms with Crippen molar-refractivity contribution in [3.8, 4) is 0 Å². The molecule has 0 unspecified atom stereocenters. The molecular formula is C15H14BrN3O4S. The summed E-state index contributed by atoms with van der Waals surface area (Å²) >= 11 is 4.50. The van der Waals surface area contributed by atoms with Gasteiger partial charge in [-0.25, -0.2) is 9.78 Å². The fourth-order valence-electron chi connectivity index (χ4n) is 1.83. The molecule has 0 saturated carbocycles. The summed E-state index contributed by atoms with van der Waals surface area (Å²) < 4.78 is 5.33. The summed E-state index contributed by atoms with van der Waals surface area (Å²) in [6.07, 6.45) is 1.51. The van der Waals surface area contributed by atoms with Crippen molar-refractivity contribution in [2.75, 3.05) is 12.0 Å². The molecule has 9 heteroatoms. The van der Waals surface area contributed by atoms with Crippen LogP contribution in [0.15, 0.2) is 33.2 Å². The molecule has 1 heterocycles. The number of hydrogen-bond donors (Lipinski definition) is 2.